The summed E-state index contributed by atoms with van der Waals surface area (Å²) in [5.41, 5.74) is -0.266. The molecule has 96 valence electrons. The molecule has 0 aliphatic carbocycles. The molecule has 0 aliphatic rings. The lowest BCUT2D eigenvalue weighted by molar-refractivity contribution is -0.109. The van der Waals surface area contributed by atoms with E-state index in [1.165, 1.54) is 13.0 Å². The van der Waals surface area contributed by atoms with Crippen LogP contribution < -0.4 is 0 Å². The summed E-state index contributed by atoms with van der Waals surface area (Å²) >= 11 is 1.16. The second-order valence-corrected chi connectivity index (χ2v) is 4.70. The van der Waals surface area contributed by atoms with Crippen LogP contribution in [0.15, 0.2) is 18.2 Å². The molecule has 1 aromatic carbocycles. The van der Waals surface area contributed by atoms with Crippen LogP contribution in [-0.2, 0) is 4.79 Å². The molecule has 1 nitrogen and oxygen atoms in total. The Morgan fingerprint density at radius 1 is 1.44 bits per heavy atom. The minimum atomic E-state index is -2.82. The molecule has 0 fully saturated rings. The summed E-state index contributed by atoms with van der Waals surface area (Å²) in [6.07, 6.45) is -2.33. The van der Waals surface area contributed by atoms with Gasteiger partial charge in [0.05, 0.1) is 5.56 Å². The average Bonchev–Trinajstić information content (AvgIpc) is 2.27. The van der Waals surface area contributed by atoms with E-state index in [2.05, 4.69) is 11.8 Å². The Hall–Kier alpha value is -1.41. The first-order valence-electron chi connectivity index (χ1n) is 5.20. The van der Waals surface area contributed by atoms with E-state index in [1.807, 2.05) is 0 Å². The third-order valence-electron chi connectivity index (χ3n) is 2.00. The molecule has 0 amide bonds. The molecule has 0 unspecified atom stereocenters. The van der Waals surface area contributed by atoms with Gasteiger partial charge in [0, 0.05) is 24.7 Å². The summed E-state index contributed by atoms with van der Waals surface area (Å²) in [4.78, 5) is 10.6. The van der Waals surface area contributed by atoms with Gasteiger partial charge < -0.3 is 0 Å². The van der Waals surface area contributed by atoms with Crippen molar-refractivity contribution >= 4 is 16.9 Å². The number of hydrogen-bond acceptors (Lipinski definition) is 2. The Morgan fingerprint density at radius 2 is 2.17 bits per heavy atom. The molecule has 0 aromatic heterocycles. The highest BCUT2D eigenvalue weighted by molar-refractivity contribution is 8.13. The van der Waals surface area contributed by atoms with Gasteiger partial charge in [-0.25, -0.2) is 13.2 Å². The molecule has 0 radical (unpaired) electrons. The summed E-state index contributed by atoms with van der Waals surface area (Å²) in [5.74, 6) is 5.04. The zero-order valence-electron chi connectivity index (χ0n) is 9.67. The van der Waals surface area contributed by atoms with Gasteiger partial charge >= 0.3 is 0 Å². The van der Waals surface area contributed by atoms with Gasteiger partial charge in [0.25, 0.3) is 6.43 Å². The Morgan fingerprint density at radius 3 is 2.72 bits per heavy atom. The summed E-state index contributed by atoms with van der Waals surface area (Å²) in [7, 11) is 0. The van der Waals surface area contributed by atoms with Crippen LogP contribution in [0.5, 0.6) is 0 Å². The smallest absolute Gasteiger partial charge is 0.266 e. The van der Waals surface area contributed by atoms with E-state index in [4.69, 9.17) is 0 Å². The van der Waals surface area contributed by atoms with Crippen LogP contribution in [0, 0.1) is 17.7 Å². The van der Waals surface area contributed by atoms with Crippen molar-refractivity contribution in [2.24, 2.45) is 0 Å². The van der Waals surface area contributed by atoms with Gasteiger partial charge in [0.15, 0.2) is 5.12 Å². The lowest BCUT2D eigenvalue weighted by Gasteiger charge is -2.01. The fraction of sp³-hybridized carbons (Fsp3) is 0.308. The fourth-order valence-electron chi connectivity index (χ4n) is 1.19. The second kappa shape index (κ2) is 7.12. The van der Waals surface area contributed by atoms with Crippen molar-refractivity contribution < 1.29 is 18.0 Å². The maximum Gasteiger partial charge on any atom is 0.266 e. The van der Waals surface area contributed by atoms with Crippen LogP contribution in [0.1, 0.15) is 30.9 Å². The van der Waals surface area contributed by atoms with E-state index in [0.29, 0.717) is 17.7 Å². The second-order valence-electron chi connectivity index (χ2n) is 3.43. The molecule has 1 aromatic rings. The highest BCUT2D eigenvalue weighted by Crippen LogP contribution is 2.22. The molecule has 18 heavy (non-hydrogen) atoms. The lowest BCUT2D eigenvalue weighted by atomic mass is 10.1. The Labute approximate surface area is 108 Å². The van der Waals surface area contributed by atoms with Crippen molar-refractivity contribution in [1.82, 2.24) is 0 Å². The van der Waals surface area contributed by atoms with Crippen LogP contribution in [0.3, 0.4) is 0 Å². The quantitative estimate of drug-likeness (QED) is 0.615. The van der Waals surface area contributed by atoms with Crippen molar-refractivity contribution in [3.63, 3.8) is 0 Å². The number of hydrogen-bond donors (Lipinski definition) is 0. The Balaban J connectivity index is 2.61. The van der Waals surface area contributed by atoms with Gasteiger partial charge in [-0.2, -0.15) is 0 Å². The van der Waals surface area contributed by atoms with E-state index < -0.39 is 17.8 Å². The third-order valence-corrected chi connectivity index (χ3v) is 2.82. The standard InChI is InChI=1S/C13H11F3OS/c1-9(17)18-7-3-2-4-10-5-6-11(13(15)16)12(14)8-10/h5-6,8,13H,3,7H2,1H3. The predicted octanol–water partition coefficient (Wildman–Crippen LogP) is 3.78. The van der Waals surface area contributed by atoms with Crippen molar-refractivity contribution in [1.29, 1.82) is 0 Å². The first kappa shape index (κ1) is 14.7. The zero-order valence-corrected chi connectivity index (χ0v) is 10.5. The summed E-state index contributed by atoms with van der Waals surface area (Å²) in [6, 6.07) is 3.39. The maximum absolute atomic E-state index is 13.2. The van der Waals surface area contributed by atoms with Crippen molar-refractivity contribution in [3.05, 3.63) is 35.1 Å². The fourth-order valence-corrected chi connectivity index (χ4v) is 1.68. The van der Waals surface area contributed by atoms with Crippen molar-refractivity contribution in [2.45, 2.75) is 19.8 Å². The van der Waals surface area contributed by atoms with Crippen molar-refractivity contribution in [2.75, 3.05) is 5.75 Å². The van der Waals surface area contributed by atoms with Gasteiger partial charge in [-0.15, -0.1) is 0 Å². The van der Waals surface area contributed by atoms with Gasteiger partial charge in [0.1, 0.15) is 5.82 Å². The van der Waals surface area contributed by atoms with E-state index in [1.54, 1.807) is 0 Å². The first-order valence-corrected chi connectivity index (χ1v) is 6.19. The van der Waals surface area contributed by atoms with E-state index in [9.17, 15) is 18.0 Å². The molecular weight excluding hydrogens is 261 g/mol. The van der Waals surface area contributed by atoms with Crippen molar-refractivity contribution in [3.8, 4) is 11.8 Å². The molecule has 0 aliphatic heterocycles. The maximum atomic E-state index is 13.2. The predicted molar refractivity (Wildman–Crippen MR) is 66.0 cm³/mol. The Bertz CT molecular complexity index is 489. The largest absolute Gasteiger partial charge is 0.288 e. The molecule has 0 atom stereocenters. The van der Waals surface area contributed by atoms with Gasteiger partial charge in [-0.05, 0) is 18.2 Å². The van der Waals surface area contributed by atoms with Gasteiger partial charge in [0.2, 0.25) is 0 Å². The zero-order chi connectivity index (χ0) is 13.5. The number of carbonyl (C=O) groups is 1. The molecular formula is C13H11F3OS. The van der Waals surface area contributed by atoms with Crippen LogP contribution in [0.25, 0.3) is 0 Å². The number of halogens is 3. The molecule has 1 rings (SSSR count). The molecule has 0 heterocycles. The number of carbonyl (C=O) groups excluding carboxylic acids is 1. The normalized spacial score (nSPS) is 10.1. The number of benzene rings is 1. The lowest BCUT2D eigenvalue weighted by Crippen LogP contribution is -1.91. The minimum Gasteiger partial charge on any atom is -0.288 e. The first-order chi connectivity index (χ1) is 8.50. The SMILES string of the molecule is CC(=O)SCCC#Cc1ccc(C(F)F)c(F)c1. The molecule has 0 spiro atoms. The topological polar surface area (TPSA) is 17.1 Å². The highest BCUT2D eigenvalue weighted by atomic mass is 32.2. The van der Waals surface area contributed by atoms with E-state index in [0.717, 1.165) is 23.9 Å². The Kier molecular flexibility index (Phi) is 5.79. The van der Waals surface area contributed by atoms with Gasteiger partial charge in [-0.3, -0.25) is 4.79 Å². The molecule has 0 saturated carbocycles. The minimum absolute atomic E-state index is 0.0177. The third kappa shape index (κ3) is 4.84. The highest BCUT2D eigenvalue weighted by Gasteiger charge is 2.12. The van der Waals surface area contributed by atoms with E-state index >= 15 is 0 Å². The average molecular weight is 272 g/mol. The molecule has 0 bridgehead atoms. The van der Waals surface area contributed by atoms with Crippen LogP contribution in [0.4, 0.5) is 13.2 Å². The molecule has 0 saturated heterocycles. The number of alkyl halides is 2. The monoisotopic (exact) mass is 272 g/mol. The number of thioether (sulfide) groups is 1. The number of rotatable bonds is 3. The molecule has 5 heteroatoms. The van der Waals surface area contributed by atoms with Crippen LogP contribution >= 0.6 is 11.8 Å². The summed E-state index contributed by atoms with van der Waals surface area (Å²) in [5, 5.41) is 0.0177. The van der Waals surface area contributed by atoms with Crippen LogP contribution in [0.2, 0.25) is 0 Å². The summed E-state index contributed by atoms with van der Waals surface area (Å²) in [6.45, 7) is 1.47. The molecule has 0 N–H and O–H groups in total. The van der Waals surface area contributed by atoms with Gasteiger partial charge in [-0.1, -0.05) is 23.6 Å². The van der Waals surface area contributed by atoms with E-state index in [-0.39, 0.29) is 5.12 Å². The van der Waals surface area contributed by atoms with Crippen LogP contribution in [-0.4, -0.2) is 10.9 Å². The summed E-state index contributed by atoms with van der Waals surface area (Å²) < 4.78 is 37.7.